The van der Waals surface area contributed by atoms with Crippen molar-refractivity contribution in [1.82, 2.24) is 4.57 Å². The first kappa shape index (κ1) is 18.7. The van der Waals surface area contributed by atoms with E-state index in [1.807, 2.05) is 48.5 Å². The molecule has 144 valence electrons. The second kappa shape index (κ2) is 7.76. The van der Waals surface area contributed by atoms with E-state index in [0.29, 0.717) is 6.42 Å². The molecule has 0 aliphatic heterocycles. The number of rotatable bonds is 5. The van der Waals surface area contributed by atoms with E-state index in [9.17, 15) is 14.7 Å². The maximum Gasteiger partial charge on any atom is 0.326 e. The number of hydrogen-bond donors (Lipinski definition) is 1. The van der Waals surface area contributed by atoms with Gasteiger partial charge in [0.15, 0.2) is 0 Å². The lowest BCUT2D eigenvalue weighted by Crippen LogP contribution is -2.28. The Morgan fingerprint density at radius 2 is 1.62 bits per heavy atom. The van der Waals surface area contributed by atoms with Crippen LogP contribution in [0.4, 0.5) is 0 Å². The number of carboxylic acids is 1. The van der Waals surface area contributed by atoms with Crippen molar-refractivity contribution < 1.29 is 9.90 Å². The Morgan fingerprint density at radius 1 is 0.931 bits per heavy atom. The summed E-state index contributed by atoms with van der Waals surface area (Å²) in [7, 11) is 0. The number of aromatic nitrogens is 1. The number of pyridine rings is 1. The Hall–Kier alpha value is -3.66. The molecule has 0 aliphatic carbocycles. The minimum absolute atomic E-state index is 0.310. The highest BCUT2D eigenvalue weighted by Gasteiger charge is 2.18. The van der Waals surface area contributed by atoms with Gasteiger partial charge in [0, 0.05) is 17.8 Å². The van der Waals surface area contributed by atoms with Crippen LogP contribution < -0.4 is 5.56 Å². The molecule has 1 N–H and O–H groups in total. The molecule has 4 heteroatoms. The van der Waals surface area contributed by atoms with Gasteiger partial charge in [-0.15, -0.1) is 0 Å². The number of hydrogen-bond acceptors (Lipinski definition) is 2. The third-order valence-corrected chi connectivity index (χ3v) is 5.29. The maximum atomic E-state index is 12.7. The van der Waals surface area contributed by atoms with Crippen LogP contribution in [0.2, 0.25) is 0 Å². The molecule has 0 spiro atoms. The number of carbonyl (C=O) groups is 1. The number of aliphatic carboxylic acids is 1. The Bertz CT molecular complexity index is 1240. The molecule has 0 bridgehead atoms. The minimum Gasteiger partial charge on any atom is -0.480 e. The van der Waals surface area contributed by atoms with Crippen molar-refractivity contribution in [2.75, 3.05) is 0 Å². The SMILES string of the molecule is C[C@@H](C(=O)O)n1cc(-c2ccccc2)c(Cc2cccc3ccccc23)cc1=O. The van der Waals surface area contributed by atoms with Crippen LogP contribution in [-0.4, -0.2) is 15.6 Å². The van der Waals surface area contributed by atoms with E-state index in [1.165, 1.54) is 11.5 Å². The summed E-state index contributed by atoms with van der Waals surface area (Å²) in [6.07, 6.45) is 2.26. The van der Waals surface area contributed by atoms with Gasteiger partial charge >= 0.3 is 5.97 Å². The molecule has 3 aromatic carbocycles. The molecule has 1 atom stereocenters. The van der Waals surface area contributed by atoms with Crippen LogP contribution >= 0.6 is 0 Å². The minimum atomic E-state index is -1.03. The zero-order valence-corrected chi connectivity index (χ0v) is 16.1. The van der Waals surface area contributed by atoms with Crippen molar-refractivity contribution in [3.8, 4) is 11.1 Å². The summed E-state index contributed by atoms with van der Waals surface area (Å²) in [4.78, 5) is 24.2. The predicted molar refractivity (Wildman–Crippen MR) is 115 cm³/mol. The molecule has 29 heavy (non-hydrogen) atoms. The summed E-state index contributed by atoms with van der Waals surface area (Å²) in [5, 5.41) is 11.7. The van der Waals surface area contributed by atoms with Gasteiger partial charge in [0.2, 0.25) is 0 Å². The van der Waals surface area contributed by atoms with Crippen molar-refractivity contribution in [1.29, 1.82) is 0 Å². The number of carboxylic acid groups (broad SMARTS) is 1. The number of nitrogens with zero attached hydrogens (tertiary/aromatic N) is 1. The highest BCUT2D eigenvalue weighted by atomic mass is 16.4. The fourth-order valence-corrected chi connectivity index (χ4v) is 3.68. The normalized spacial score (nSPS) is 12.0. The van der Waals surface area contributed by atoms with Crippen LogP contribution in [0.15, 0.2) is 89.9 Å². The maximum absolute atomic E-state index is 12.7. The molecular formula is C25H21NO3. The second-order valence-electron chi connectivity index (χ2n) is 7.15. The van der Waals surface area contributed by atoms with E-state index in [4.69, 9.17) is 0 Å². The van der Waals surface area contributed by atoms with Gasteiger partial charge in [-0.1, -0.05) is 72.8 Å². The average molecular weight is 383 g/mol. The van der Waals surface area contributed by atoms with Gasteiger partial charge in [-0.2, -0.15) is 0 Å². The van der Waals surface area contributed by atoms with Crippen molar-refractivity contribution in [2.24, 2.45) is 0 Å². The molecule has 4 nitrogen and oxygen atoms in total. The largest absolute Gasteiger partial charge is 0.480 e. The van der Waals surface area contributed by atoms with Gasteiger partial charge in [-0.05, 0) is 40.8 Å². The summed E-state index contributed by atoms with van der Waals surface area (Å²) in [5.74, 6) is -1.03. The smallest absolute Gasteiger partial charge is 0.326 e. The molecule has 4 rings (SSSR count). The summed E-state index contributed by atoms with van der Waals surface area (Å²) in [5.41, 5.74) is 3.52. The highest BCUT2D eigenvalue weighted by molar-refractivity contribution is 5.86. The molecule has 0 aliphatic rings. The van der Waals surface area contributed by atoms with Crippen molar-refractivity contribution in [3.05, 3.63) is 107 Å². The summed E-state index contributed by atoms with van der Waals surface area (Å²) < 4.78 is 1.29. The lowest BCUT2D eigenvalue weighted by atomic mass is 9.94. The summed E-state index contributed by atoms with van der Waals surface area (Å²) in [6, 6.07) is 24.7. The number of fused-ring (bicyclic) bond motifs is 1. The van der Waals surface area contributed by atoms with Crippen molar-refractivity contribution in [3.63, 3.8) is 0 Å². The van der Waals surface area contributed by atoms with Crippen molar-refractivity contribution >= 4 is 16.7 Å². The van der Waals surface area contributed by atoms with E-state index >= 15 is 0 Å². The molecular weight excluding hydrogens is 362 g/mol. The number of benzene rings is 3. The Kier molecular flexibility index (Phi) is 5.00. The van der Waals surface area contributed by atoms with Crippen molar-refractivity contribution in [2.45, 2.75) is 19.4 Å². The van der Waals surface area contributed by atoms with Crippen LogP contribution in [0, 0.1) is 0 Å². The summed E-state index contributed by atoms with van der Waals surface area (Å²) >= 11 is 0. The molecule has 1 heterocycles. The summed E-state index contributed by atoms with van der Waals surface area (Å²) in [6.45, 7) is 1.52. The lowest BCUT2D eigenvalue weighted by molar-refractivity contribution is -0.140. The fraction of sp³-hybridized carbons (Fsp3) is 0.120. The van der Waals surface area contributed by atoms with Gasteiger partial charge in [0.25, 0.3) is 5.56 Å². The second-order valence-corrected chi connectivity index (χ2v) is 7.15. The first-order chi connectivity index (χ1) is 14.0. The van der Waals surface area contributed by atoms with E-state index in [2.05, 4.69) is 24.3 Å². The lowest BCUT2D eigenvalue weighted by Gasteiger charge is -2.17. The first-order valence-electron chi connectivity index (χ1n) is 9.54. The standard InChI is InChI=1S/C25H21NO3/c1-17(25(28)29)26-16-23(19-8-3-2-4-9-19)21(15-24(26)27)14-20-12-7-11-18-10-5-6-13-22(18)20/h2-13,15-17H,14H2,1H3,(H,28,29)/t17-/m0/s1. The topological polar surface area (TPSA) is 59.3 Å². The molecule has 1 aromatic heterocycles. The zero-order chi connectivity index (χ0) is 20.4. The highest BCUT2D eigenvalue weighted by Crippen LogP contribution is 2.28. The van der Waals surface area contributed by atoms with E-state index < -0.39 is 12.0 Å². The third kappa shape index (κ3) is 3.69. The molecule has 0 radical (unpaired) electrons. The van der Waals surface area contributed by atoms with Crippen LogP contribution in [-0.2, 0) is 11.2 Å². The van der Waals surface area contributed by atoms with Gasteiger partial charge < -0.3 is 9.67 Å². The van der Waals surface area contributed by atoms with Gasteiger partial charge in [0.05, 0.1) is 0 Å². The average Bonchev–Trinajstić information content (AvgIpc) is 2.74. The predicted octanol–water partition coefficient (Wildman–Crippen LogP) is 4.90. The van der Waals surface area contributed by atoms with E-state index in [1.54, 1.807) is 12.3 Å². The molecule has 0 amide bonds. The van der Waals surface area contributed by atoms with Gasteiger partial charge in [-0.25, -0.2) is 4.79 Å². The molecule has 4 aromatic rings. The first-order valence-corrected chi connectivity index (χ1v) is 9.54. The molecule has 0 fully saturated rings. The molecule has 0 saturated heterocycles. The third-order valence-electron chi connectivity index (χ3n) is 5.29. The van der Waals surface area contributed by atoms with E-state index in [0.717, 1.165) is 33.0 Å². The molecule has 0 saturated carbocycles. The fourth-order valence-electron chi connectivity index (χ4n) is 3.68. The zero-order valence-electron chi connectivity index (χ0n) is 16.1. The Morgan fingerprint density at radius 3 is 2.38 bits per heavy atom. The monoisotopic (exact) mass is 383 g/mol. The Balaban J connectivity index is 1.89. The quantitative estimate of drug-likeness (QED) is 0.533. The molecule has 0 unspecified atom stereocenters. The van der Waals surface area contributed by atoms with E-state index in [-0.39, 0.29) is 5.56 Å². The van der Waals surface area contributed by atoms with Crippen LogP contribution in [0.5, 0.6) is 0 Å². The van der Waals surface area contributed by atoms with Crippen LogP contribution in [0.25, 0.3) is 21.9 Å². The van der Waals surface area contributed by atoms with Crippen LogP contribution in [0.3, 0.4) is 0 Å². The van der Waals surface area contributed by atoms with Gasteiger partial charge in [0.1, 0.15) is 6.04 Å². The Labute approximate surface area is 168 Å². The van der Waals surface area contributed by atoms with Gasteiger partial charge in [-0.3, -0.25) is 4.79 Å². The van der Waals surface area contributed by atoms with Crippen LogP contribution in [0.1, 0.15) is 24.1 Å².